The summed E-state index contributed by atoms with van der Waals surface area (Å²) >= 11 is 1.72. The van der Waals surface area contributed by atoms with Gasteiger partial charge in [0.1, 0.15) is 11.6 Å². The van der Waals surface area contributed by atoms with Crippen LogP contribution in [0.3, 0.4) is 0 Å². The van der Waals surface area contributed by atoms with Gasteiger partial charge in [0, 0.05) is 43.1 Å². The van der Waals surface area contributed by atoms with E-state index in [0.717, 1.165) is 32.3 Å². The lowest BCUT2D eigenvalue weighted by atomic mass is 9.99. The average Bonchev–Trinajstić information content (AvgIpc) is 3.46. The van der Waals surface area contributed by atoms with E-state index in [1.807, 2.05) is 36.0 Å². The topological polar surface area (TPSA) is 82.1 Å². The first-order valence-electron chi connectivity index (χ1n) is 10.7. The second-order valence-electron chi connectivity index (χ2n) is 8.78. The minimum absolute atomic E-state index is 0. The molecule has 1 N–H and O–H groups in total. The summed E-state index contributed by atoms with van der Waals surface area (Å²) in [7, 11) is 2.18. The Kier molecular flexibility index (Phi) is 5.28. The fraction of sp³-hybridized carbons (Fsp3) is 0.391. The van der Waals surface area contributed by atoms with Crippen molar-refractivity contribution in [1.29, 1.82) is 5.26 Å². The molecule has 4 aromatic heterocycles. The Morgan fingerprint density at radius 2 is 1.97 bits per heavy atom. The minimum atomic E-state index is 0. The largest absolute Gasteiger partial charge is 0.348 e. The van der Waals surface area contributed by atoms with Crippen molar-refractivity contribution in [1.82, 2.24) is 24.7 Å². The summed E-state index contributed by atoms with van der Waals surface area (Å²) in [4.78, 5) is 16.4. The van der Waals surface area contributed by atoms with Gasteiger partial charge < -0.3 is 14.6 Å². The number of rotatable bonds is 3. The molecule has 9 heteroatoms. The summed E-state index contributed by atoms with van der Waals surface area (Å²) in [6, 6.07) is 8.07. The van der Waals surface area contributed by atoms with Crippen molar-refractivity contribution in [2.24, 2.45) is 0 Å². The number of aryl methyl sites for hydroxylation is 1. The predicted molar refractivity (Wildman–Crippen MR) is 130 cm³/mol. The van der Waals surface area contributed by atoms with E-state index in [1.54, 1.807) is 11.3 Å². The normalized spacial score (nSPS) is 22.1. The van der Waals surface area contributed by atoms with Gasteiger partial charge in [-0.05, 0) is 44.7 Å². The fourth-order valence-corrected chi connectivity index (χ4v) is 6.08. The monoisotopic (exact) mass is 465 g/mol. The molecule has 0 spiro atoms. The first-order valence-corrected chi connectivity index (χ1v) is 11.5. The third kappa shape index (κ3) is 3.51. The highest BCUT2D eigenvalue weighted by Gasteiger charge is 2.35. The highest BCUT2D eigenvalue weighted by molar-refractivity contribution is 7.22. The lowest BCUT2D eigenvalue weighted by Gasteiger charge is -2.35. The molecule has 3 atom stereocenters. The van der Waals surface area contributed by atoms with Crippen LogP contribution in [0.1, 0.15) is 36.9 Å². The molecule has 2 saturated heterocycles. The van der Waals surface area contributed by atoms with Crippen molar-refractivity contribution in [3.63, 3.8) is 0 Å². The van der Waals surface area contributed by atoms with Crippen LogP contribution in [0.25, 0.3) is 27.1 Å². The Balaban J connectivity index is 0.00000216. The molecule has 6 heterocycles. The Hall–Kier alpha value is -2.73. The minimum Gasteiger partial charge on any atom is -0.348 e. The van der Waals surface area contributed by atoms with Crippen molar-refractivity contribution >= 4 is 44.7 Å². The summed E-state index contributed by atoms with van der Waals surface area (Å²) < 4.78 is 3.02. The molecule has 0 amide bonds. The van der Waals surface area contributed by atoms with E-state index in [2.05, 4.69) is 39.4 Å². The molecule has 7 nitrogen and oxygen atoms in total. The summed E-state index contributed by atoms with van der Waals surface area (Å²) in [5.41, 5.74) is 4.79. The number of thiazole rings is 1. The number of halogens is 1. The standard InChI is InChI=1S/C23H23N7S.ClH/c1-13-11-30-12-15(5-14(9-24)22(30)26-13)19-8-21-20(10-25-19)28-23(31-21)29(2)18-6-16-3-4-17(7-18)27-16;/h5,8,10-12,16-18,27H,3-4,6-7H2,1-2H3;1H/t16-,17+,18-;. The van der Waals surface area contributed by atoms with Gasteiger partial charge in [0.05, 0.1) is 27.8 Å². The highest BCUT2D eigenvalue weighted by Crippen LogP contribution is 2.36. The molecule has 4 aromatic rings. The summed E-state index contributed by atoms with van der Waals surface area (Å²) in [5.74, 6) is 0. The van der Waals surface area contributed by atoms with Crippen LogP contribution in [0, 0.1) is 18.3 Å². The summed E-state index contributed by atoms with van der Waals surface area (Å²) in [6.07, 6.45) is 10.7. The molecular formula is C23H24ClN7S. The molecule has 2 bridgehead atoms. The van der Waals surface area contributed by atoms with Gasteiger partial charge in [-0.2, -0.15) is 5.26 Å². The number of hydrogen-bond donors (Lipinski definition) is 1. The smallest absolute Gasteiger partial charge is 0.186 e. The van der Waals surface area contributed by atoms with Gasteiger partial charge in [0.15, 0.2) is 10.8 Å². The predicted octanol–water partition coefficient (Wildman–Crippen LogP) is 4.33. The van der Waals surface area contributed by atoms with Gasteiger partial charge in [-0.1, -0.05) is 11.3 Å². The Labute approximate surface area is 196 Å². The number of aromatic nitrogens is 4. The fourth-order valence-electron chi connectivity index (χ4n) is 5.07. The van der Waals surface area contributed by atoms with E-state index in [-0.39, 0.29) is 12.4 Å². The van der Waals surface area contributed by atoms with E-state index in [0.29, 0.717) is 29.3 Å². The van der Waals surface area contributed by atoms with Crippen molar-refractivity contribution in [2.45, 2.75) is 50.7 Å². The van der Waals surface area contributed by atoms with Crippen LogP contribution in [0.2, 0.25) is 0 Å². The summed E-state index contributed by atoms with van der Waals surface area (Å²) in [6.45, 7) is 1.93. The van der Waals surface area contributed by atoms with Gasteiger partial charge >= 0.3 is 0 Å². The molecule has 32 heavy (non-hydrogen) atoms. The summed E-state index contributed by atoms with van der Waals surface area (Å²) in [5, 5.41) is 14.3. The molecule has 164 valence electrons. The molecule has 0 saturated carbocycles. The zero-order valence-electron chi connectivity index (χ0n) is 17.9. The maximum Gasteiger partial charge on any atom is 0.186 e. The molecular weight excluding hydrogens is 442 g/mol. The molecule has 6 rings (SSSR count). The van der Waals surface area contributed by atoms with Crippen LogP contribution in [0.4, 0.5) is 5.13 Å². The van der Waals surface area contributed by atoms with Gasteiger partial charge in [0.25, 0.3) is 0 Å². The van der Waals surface area contributed by atoms with Gasteiger partial charge in [-0.3, -0.25) is 4.98 Å². The number of imidazole rings is 1. The van der Waals surface area contributed by atoms with Crippen molar-refractivity contribution in [3.8, 4) is 17.3 Å². The molecule has 2 aliphatic rings. The van der Waals surface area contributed by atoms with Crippen LogP contribution >= 0.6 is 23.7 Å². The zero-order chi connectivity index (χ0) is 21.1. The second-order valence-corrected chi connectivity index (χ2v) is 9.78. The zero-order valence-corrected chi connectivity index (χ0v) is 19.6. The molecule has 0 unspecified atom stereocenters. The molecule has 2 fully saturated rings. The Morgan fingerprint density at radius 3 is 2.72 bits per heavy atom. The number of piperidine rings is 1. The van der Waals surface area contributed by atoms with Crippen LogP contribution < -0.4 is 10.2 Å². The molecule has 0 radical (unpaired) electrons. The number of pyridine rings is 2. The van der Waals surface area contributed by atoms with Gasteiger partial charge in [-0.25, -0.2) is 9.97 Å². The van der Waals surface area contributed by atoms with Crippen LogP contribution in [0.5, 0.6) is 0 Å². The highest BCUT2D eigenvalue weighted by atomic mass is 35.5. The number of nitrogens with one attached hydrogen (secondary N) is 1. The lowest BCUT2D eigenvalue weighted by Crippen LogP contribution is -2.47. The number of hydrogen-bond acceptors (Lipinski definition) is 7. The first-order chi connectivity index (χ1) is 15.1. The second kappa shape index (κ2) is 8.00. The number of nitriles is 1. The van der Waals surface area contributed by atoms with E-state index < -0.39 is 0 Å². The SMILES string of the molecule is Cc1cn2cc(-c3cc4sc(N(C)[C@@H]5C[C@H]6CC[C@@H](C5)N6)nc4cn3)cc(C#N)c2n1.Cl. The Bertz CT molecular complexity index is 1340. The van der Waals surface area contributed by atoms with Crippen LogP contribution in [-0.4, -0.2) is 44.5 Å². The van der Waals surface area contributed by atoms with E-state index in [1.165, 1.54) is 25.7 Å². The third-order valence-electron chi connectivity index (χ3n) is 6.65. The first kappa shape index (κ1) is 21.1. The third-order valence-corrected chi connectivity index (χ3v) is 7.76. The average molecular weight is 466 g/mol. The lowest BCUT2D eigenvalue weighted by molar-refractivity contribution is 0.354. The molecule has 2 aliphatic heterocycles. The number of fused-ring (bicyclic) bond motifs is 4. The van der Waals surface area contributed by atoms with Crippen molar-refractivity contribution < 1.29 is 0 Å². The quantitative estimate of drug-likeness (QED) is 0.485. The number of nitrogens with zero attached hydrogens (tertiary/aromatic N) is 6. The van der Waals surface area contributed by atoms with E-state index in [9.17, 15) is 5.26 Å². The maximum atomic E-state index is 9.58. The van der Waals surface area contributed by atoms with Gasteiger partial charge in [-0.15, -0.1) is 12.4 Å². The van der Waals surface area contributed by atoms with E-state index in [4.69, 9.17) is 4.98 Å². The van der Waals surface area contributed by atoms with E-state index >= 15 is 0 Å². The number of anilines is 1. The van der Waals surface area contributed by atoms with Crippen molar-refractivity contribution in [3.05, 3.63) is 42.0 Å². The van der Waals surface area contributed by atoms with Crippen LogP contribution in [0.15, 0.2) is 30.7 Å². The van der Waals surface area contributed by atoms with Crippen molar-refractivity contribution in [2.75, 3.05) is 11.9 Å². The molecule has 0 aromatic carbocycles. The molecule has 0 aliphatic carbocycles. The van der Waals surface area contributed by atoms with Crippen LogP contribution in [-0.2, 0) is 0 Å². The maximum absolute atomic E-state index is 9.58. The van der Waals surface area contributed by atoms with Gasteiger partial charge in [0.2, 0.25) is 0 Å². The Morgan fingerprint density at radius 1 is 1.19 bits per heavy atom.